The topological polar surface area (TPSA) is 90.6 Å². The Balaban J connectivity index is 0.996. The molecule has 4 aliphatic rings. The zero-order valence-electron chi connectivity index (χ0n) is 27.0. The fourth-order valence-electron chi connectivity index (χ4n) is 7.76. The van der Waals surface area contributed by atoms with Crippen LogP contribution in [0.5, 0.6) is 17.2 Å². The molecule has 2 amide bonds. The maximum Gasteiger partial charge on any atom is 0.246 e. The number of rotatable bonds is 9. The number of carbonyl (C=O) groups excluding carboxylic acids is 2. The molecule has 47 heavy (non-hydrogen) atoms. The monoisotopic (exact) mass is 635 g/mol. The van der Waals surface area contributed by atoms with Gasteiger partial charge in [-0.15, -0.1) is 0 Å². The van der Waals surface area contributed by atoms with Gasteiger partial charge in [0.2, 0.25) is 18.6 Å². The van der Waals surface area contributed by atoms with Gasteiger partial charge in [-0.2, -0.15) is 0 Å². The Morgan fingerprint density at radius 2 is 1.83 bits per heavy atom. The number of piperazine rings is 1. The summed E-state index contributed by atoms with van der Waals surface area (Å²) in [6.07, 6.45) is 2.33. The number of H-pyrrole nitrogens is 1. The molecule has 10 nitrogen and oxygen atoms in total. The van der Waals surface area contributed by atoms with Gasteiger partial charge in [0.15, 0.2) is 11.5 Å². The van der Waals surface area contributed by atoms with Crippen LogP contribution in [0.1, 0.15) is 41.3 Å². The summed E-state index contributed by atoms with van der Waals surface area (Å²) in [4.78, 5) is 40.4. The highest BCUT2D eigenvalue weighted by Crippen LogP contribution is 2.45. The second-order valence-electron chi connectivity index (χ2n) is 13.4. The number of hydrogen-bond donors (Lipinski definition) is 1. The predicted octanol–water partition coefficient (Wildman–Crippen LogP) is 4.19. The van der Waals surface area contributed by atoms with Gasteiger partial charge < -0.3 is 33.9 Å². The van der Waals surface area contributed by atoms with E-state index in [0.29, 0.717) is 24.5 Å². The number of nitrogens with zero attached hydrogens (tertiary/aromatic N) is 4. The van der Waals surface area contributed by atoms with Crippen LogP contribution < -0.4 is 14.2 Å². The summed E-state index contributed by atoms with van der Waals surface area (Å²) in [5.41, 5.74) is 5.19. The van der Waals surface area contributed by atoms with Crippen molar-refractivity contribution in [1.29, 1.82) is 0 Å². The van der Waals surface area contributed by atoms with Crippen molar-refractivity contribution >= 4 is 22.7 Å². The fourth-order valence-corrected chi connectivity index (χ4v) is 7.76. The van der Waals surface area contributed by atoms with Gasteiger partial charge in [-0.1, -0.05) is 36.4 Å². The molecule has 5 heterocycles. The number of para-hydroxylation sites is 1. The SMILES string of the molecule is CN(C)CCCOc1ccc(CN2CC[C@H](N3CC(=O)N4[C@H](c5ccc6c(c5)OCO6)c5[nH]c6ccccc6c5C[C@@H]4C3=O)C2)cc1. The molecule has 0 aliphatic carbocycles. The van der Waals surface area contributed by atoms with Crippen LogP contribution in [-0.4, -0.2) is 102 Å². The molecule has 2 fully saturated rings. The number of amides is 2. The molecule has 10 heteroatoms. The number of hydrogen-bond acceptors (Lipinski definition) is 7. The predicted molar refractivity (Wildman–Crippen MR) is 178 cm³/mol. The van der Waals surface area contributed by atoms with Crippen LogP contribution in [0.4, 0.5) is 0 Å². The van der Waals surface area contributed by atoms with E-state index in [9.17, 15) is 9.59 Å². The second-order valence-corrected chi connectivity index (χ2v) is 13.4. The lowest BCUT2D eigenvalue weighted by atomic mass is 9.85. The van der Waals surface area contributed by atoms with Gasteiger partial charge in [0.05, 0.1) is 12.6 Å². The van der Waals surface area contributed by atoms with E-state index in [4.69, 9.17) is 14.2 Å². The minimum absolute atomic E-state index is 0.00117. The molecule has 3 atom stereocenters. The molecule has 4 aromatic rings. The van der Waals surface area contributed by atoms with Crippen LogP contribution >= 0.6 is 0 Å². The Morgan fingerprint density at radius 1 is 1.00 bits per heavy atom. The van der Waals surface area contributed by atoms with Crippen molar-refractivity contribution in [3.63, 3.8) is 0 Å². The number of aromatic nitrogens is 1. The average Bonchev–Trinajstić information content (AvgIpc) is 3.83. The lowest BCUT2D eigenvalue weighted by molar-refractivity contribution is -0.160. The van der Waals surface area contributed by atoms with E-state index in [1.165, 1.54) is 5.56 Å². The first-order valence-corrected chi connectivity index (χ1v) is 16.6. The molecule has 244 valence electrons. The Bertz CT molecular complexity index is 1800. The lowest BCUT2D eigenvalue weighted by Gasteiger charge is -2.48. The van der Waals surface area contributed by atoms with Gasteiger partial charge in [0, 0.05) is 55.2 Å². The first-order chi connectivity index (χ1) is 22.9. The van der Waals surface area contributed by atoms with Gasteiger partial charge >= 0.3 is 0 Å². The number of fused-ring (bicyclic) bond motifs is 5. The van der Waals surface area contributed by atoms with Crippen LogP contribution in [0.25, 0.3) is 10.9 Å². The molecule has 0 saturated carbocycles. The summed E-state index contributed by atoms with van der Waals surface area (Å²) in [7, 11) is 4.14. The van der Waals surface area contributed by atoms with Crippen molar-refractivity contribution < 1.29 is 23.8 Å². The van der Waals surface area contributed by atoms with E-state index >= 15 is 0 Å². The van der Waals surface area contributed by atoms with E-state index in [2.05, 4.69) is 53.1 Å². The van der Waals surface area contributed by atoms with Crippen molar-refractivity contribution in [3.8, 4) is 17.2 Å². The number of ether oxygens (including phenoxy) is 3. The largest absolute Gasteiger partial charge is 0.494 e. The summed E-state index contributed by atoms with van der Waals surface area (Å²) in [5.74, 6) is 2.25. The highest BCUT2D eigenvalue weighted by molar-refractivity contribution is 5.98. The first-order valence-electron chi connectivity index (χ1n) is 16.6. The van der Waals surface area contributed by atoms with E-state index in [-0.39, 0.29) is 31.2 Å². The molecule has 3 aromatic carbocycles. The maximum atomic E-state index is 14.4. The van der Waals surface area contributed by atoms with Gasteiger partial charge in [-0.25, -0.2) is 0 Å². The average molecular weight is 636 g/mol. The molecule has 1 aromatic heterocycles. The number of aromatic amines is 1. The van der Waals surface area contributed by atoms with E-state index in [0.717, 1.165) is 72.5 Å². The molecular formula is C37H41N5O5. The van der Waals surface area contributed by atoms with Crippen molar-refractivity contribution in [1.82, 2.24) is 24.6 Å². The van der Waals surface area contributed by atoms with Crippen molar-refractivity contribution in [2.24, 2.45) is 0 Å². The standard InChI is InChI=1S/C37H41N5O5/c1-39(2)15-5-17-45-27-11-8-24(9-12-27)20-40-16-14-26(21-40)41-22-34(43)42-31(37(41)44)19-29-28-6-3-4-7-30(28)38-35(29)36(42)25-10-13-32-33(18-25)47-23-46-32/h3-4,6-13,18,26,31,36,38H,5,14-17,19-23H2,1-2H3/t26-,31+,36+/m0/s1. The second kappa shape index (κ2) is 12.2. The highest BCUT2D eigenvalue weighted by Gasteiger charge is 2.50. The molecular weight excluding hydrogens is 594 g/mol. The Hall–Kier alpha value is -4.54. The number of carbonyl (C=O) groups is 2. The summed E-state index contributed by atoms with van der Waals surface area (Å²) < 4.78 is 17.2. The number of likely N-dealkylation sites (tertiary alicyclic amines) is 1. The Labute approximate surface area is 274 Å². The first kappa shape index (κ1) is 29.8. The zero-order valence-corrected chi connectivity index (χ0v) is 27.0. The Kier molecular flexibility index (Phi) is 7.77. The summed E-state index contributed by atoms with van der Waals surface area (Å²) in [6, 6.07) is 21.4. The van der Waals surface area contributed by atoms with Crippen LogP contribution in [-0.2, 0) is 22.6 Å². The van der Waals surface area contributed by atoms with Crippen molar-refractivity contribution in [2.45, 2.75) is 43.9 Å². The van der Waals surface area contributed by atoms with Gasteiger partial charge in [0.25, 0.3) is 0 Å². The fraction of sp³-hybridized carbons (Fsp3) is 0.405. The third kappa shape index (κ3) is 5.59. The van der Waals surface area contributed by atoms with Gasteiger partial charge in [-0.3, -0.25) is 14.5 Å². The van der Waals surface area contributed by atoms with Gasteiger partial charge in [0.1, 0.15) is 18.3 Å². The summed E-state index contributed by atoms with van der Waals surface area (Å²) in [6.45, 7) is 4.39. The highest BCUT2D eigenvalue weighted by atomic mass is 16.7. The molecule has 1 N–H and O–H groups in total. The Morgan fingerprint density at radius 3 is 2.68 bits per heavy atom. The molecule has 4 aliphatic heterocycles. The quantitative estimate of drug-likeness (QED) is 0.276. The smallest absolute Gasteiger partial charge is 0.246 e. The molecule has 0 spiro atoms. The lowest BCUT2D eigenvalue weighted by Crippen LogP contribution is -2.65. The van der Waals surface area contributed by atoms with Crippen molar-refractivity contribution in [3.05, 3.63) is 89.1 Å². The molecule has 0 radical (unpaired) electrons. The van der Waals surface area contributed by atoms with E-state index < -0.39 is 12.1 Å². The summed E-state index contributed by atoms with van der Waals surface area (Å²) in [5, 5.41) is 1.10. The molecule has 0 bridgehead atoms. The molecule has 0 unspecified atom stereocenters. The minimum Gasteiger partial charge on any atom is -0.494 e. The third-order valence-electron chi connectivity index (χ3n) is 10.0. The molecule has 2 saturated heterocycles. The van der Waals surface area contributed by atoms with E-state index in [1.54, 1.807) is 0 Å². The van der Waals surface area contributed by atoms with Crippen LogP contribution in [0.2, 0.25) is 0 Å². The number of benzene rings is 3. The summed E-state index contributed by atoms with van der Waals surface area (Å²) >= 11 is 0. The van der Waals surface area contributed by atoms with Crippen LogP contribution in [0, 0.1) is 0 Å². The number of nitrogens with one attached hydrogen (secondary N) is 1. The third-order valence-corrected chi connectivity index (χ3v) is 10.0. The van der Waals surface area contributed by atoms with Crippen LogP contribution in [0.15, 0.2) is 66.7 Å². The molecule has 8 rings (SSSR count). The van der Waals surface area contributed by atoms with Crippen LogP contribution in [0.3, 0.4) is 0 Å². The minimum atomic E-state index is -0.572. The zero-order chi connectivity index (χ0) is 32.1. The normalized spacial score (nSPS) is 22.3. The van der Waals surface area contributed by atoms with Gasteiger partial charge in [-0.05, 0) is 74.0 Å². The van der Waals surface area contributed by atoms with E-state index in [1.807, 2.05) is 52.3 Å². The maximum absolute atomic E-state index is 14.4. The van der Waals surface area contributed by atoms with Crippen molar-refractivity contribution in [2.75, 3.05) is 53.7 Å².